The van der Waals surface area contributed by atoms with Gasteiger partial charge in [-0.05, 0) is 62.1 Å². The molecular formula is C25H31F4N3O2S. The van der Waals surface area contributed by atoms with Crippen molar-refractivity contribution in [2.45, 2.75) is 50.2 Å². The van der Waals surface area contributed by atoms with E-state index in [0.29, 0.717) is 12.0 Å². The first-order chi connectivity index (χ1) is 16.5. The Balaban J connectivity index is 1.52. The lowest BCUT2D eigenvalue weighted by Crippen LogP contribution is -2.54. The monoisotopic (exact) mass is 513 g/mol. The van der Waals surface area contributed by atoms with Gasteiger partial charge < -0.3 is 9.80 Å². The number of halogens is 4. The third-order valence-corrected chi connectivity index (χ3v) is 9.16. The highest BCUT2D eigenvalue weighted by molar-refractivity contribution is 7.89. The van der Waals surface area contributed by atoms with Crippen molar-refractivity contribution in [3.8, 4) is 0 Å². The molecule has 5 nitrogen and oxygen atoms in total. The van der Waals surface area contributed by atoms with Crippen molar-refractivity contribution < 1.29 is 26.0 Å². The number of benzene rings is 2. The summed E-state index contributed by atoms with van der Waals surface area (Å²) in [7, 11) is -3.84. The van der Waals surface area contributed by atoms with E-state index in [-0.39, 0.29) is 30.2 Å². The molecule has 1 atom stereocenters. The second-order valence-electron chi connectivity index (χ2n) is 9.41. The molecule has 0 saturated carbocycles. The molecule has 2 aliphatic heterocycles. The molecule has 2 heterocycles. The van der Waals surface area contributed by atoms with Crippen molar-refractivity contribution >= 4 is 21.4 Å². The van der Waals surface area contributed by atoms with Gasteiger partial charge in [0, 0.05) is 50.1 Å². The van der Waals surface area contributed by atoms with Crippen LogP contribution in [0.2, 0.25) is 0 Å². The molecule has 0 aliphatic carbocycles. The Labute approximate surface area is 204 Å². The van der Waals surface area contributed by atoms with Crippen molar-refractivity contribution in [2.24, 2.45) is 5.92 Å². The van der Waals surface area contributed by atoms with Gasteiger partial charge in [0.2, 0.25) is 10.0 Å². The lowest BCUT2D eigenvalue weighted by atomic mass is 9.94. The Morgan fingerprint density at radius 1 is 0.971 bits per heavy atom. The van der Waals surface area contributed by atoms with E-state index in [4.69, 9.17) is 0 Å². The summed E-state index contributed by atoms with van der Waals surface area (Å²) in [4.78, 5) is 3.87. The predicted octanol–water partition coefficient (Wildman–Crippen LogP) is 5.37. The minimum atomic E-state index is -4.71. The van der Waals surface area contributed by atoms with E-state index < -0.39 is 33.6 Å². The summed E-state index contributed by atoms with van der Waals surface area (Å²) >= 11 is 0. The lowest BCUT2D eigenvalue weighted by Gasteiger charge is -2.41. The van der Waals surface area contributed by atoms with Crippen LogP contribution in [0.4, 0.5) is 28.9 Å². The van der Waals surface area contributed by atoms with Crippen LogP contribution in [0.15, 0.2) is 47.4 Å². The van der Waals surface area contributed by atoms with Crippen LogP contribution in [0.5, 0.6) is 0 Å². The van der Waals surface area contributed by atoms with E-state index in [0.717, 1.165) is 50.2 Å². The Kier molecular flexibility index (Phi) is 7.33. The van der Waals surface area contributed by atoms with Crippen LogP contribution in [-0.2, 0) is 16.2 Å². The molecule has 0 radical (unpaired) electrons. The Morgan fingerprint density at radius 2 is 1.69 bits per heavy atom. The largest absolute Gasteiger partial charge is 0.418 e. The summed E-state index contributed by atoms with van der Waals surface area (Å²) in [6.45, 7) is 5.81. The van der Waals surface area contributed by atoms with Crippen molar-refractivity contribution in [1.82, 2.24) is 4.31 Å². The molecular weight excluding hydrogens is 482 g/mol. The van der Waals surface area contributed by atoms with E-state index in [1.807, 2.05) is 6.07 Å². The van der Waals surface area contributed by atoms with E-state index in [1.165, 1.54) is 9.21 Å². The molecule has 2 aliphatic rings. The number of piperidine rings is 1. The van der Waals surface area contributed by atoms with Gasteiger partial charge in [-0.1, -0.05) is 19.4 Å². The van der Waals surface area contributed by atoms with Gasteiger partial charge in [0.05, 0.1) is 10.5 Å². The number of anilines is 2. The topological polar surface area (TPSA) is 43.9 Å². The van der Waals surface area contributed by atoms with Crippen LogP contribution in [0.25, 0.3) is 0 Å². The highest BCUT2D eigenvalue weighted by Crippen LogP contribution is 2.38. The summed E-state index contributed by atoms with van der Waals surface area (Å²) in [5, 5.41) is 0. The molecule has 0 aromatic heterocycles. The molecule has 0 N–H and O–H groups in total. The molecule has 2 aromatic carbocycles. The van der Waals surface area contributed by atoms with Gasteiger partial charge >= 0.3 is 6.18 Å². The molecule has 0 bridgehead atoms. The smallest absolute Gasteiger partial charge is 0.371 e. The lowest BCUT2D eigenvalue weighted by molar-refractivity contribution is -0.137. The van der Waals surface area contributed by atoms with E-state index in [1.54, 1.807) is 25.1 Å². The molecule has 2 fully saturated rings. The first kappa shape index (κ1) is 25.8. The quantitative estimate of drug-likeness (QED) is 0.505. The van der Waals surface area contributed by atoms with Crippen molar-refractivity contribution in [2.75, 3.05) is 42.5 Å². The molecule has 10 heteroatoms. The van der Waals surface area contributed by atoms with Gasteiger partial charge in [0.25, 0.3) is 0 Å². The minimum Gasteiger partial charge on any atom is -0.371 e. The first-order valence-corrected chi connectivity index (χ1v) is 13.4. The highest BCUT2D eigenvalue weighted by Gasteiger charge is 2.39. The molecule has 2 saturated heterocycles. The van der Waals surface area contributed by atoms with Gasteiger partial charge in [-0.25, -0.2) is 12.8 Å². The average Bonchev–Trinajstić information content (AvgIpc) is 2.83. The van der Waals surface area contributed by atoms with Gasteiger partial charge in [-0.15, -0.1) is 0 Å². The molecule has 35 heavy (non-hydrogen) atoms. The number of alkyl halides is 3. The van der Waals surface area contributed by atoms with Crippen LogP contribution in [0.3, 0.4) is 0 Å². The van der Waals surface area contributed by atoms with E-state index in [2.05, 4.69) is 11.8 Å². The zero-order valence-corrected chi connectivity index (χ0v) is 20.7. The number of piperazine rings is 1. The van der Waals surface area contributed by atoms with Crippen LogP contribution < -0.4 is 9.80 Å². The third-order valence-electron chi connectivity index (χ3n) is 7.15. The highest BCUT2D eigenvalue weighted by atomic mass is 32.2. The van der Waals surface area contributed by atoms with Crippen molar-refractivity contribution in [1.29, 1.82) is 0 Å². The van der Waals surface area contributed by atoms with Crippen LogP contribution >= 0.6 is 0 Å². The Morgan fingerprint density at radius 3 is 2.31 bits per heavy atom. The first-order valence-electron chi connectivity index (χ1n) is 12.0. The standard InChI is InChI=1S/C25H31F4N3O2S/c1-3-19-9-11-30(12-10-19)21-5-4-6-22(16-21)35(33,34)32-14-13-31(17-18(32)2)24-8-7-20(26)15-23(24)25(27,28)29/h4-8,15-16,18-19H,3,9-14,17H2,1-2H3/t18-/m1/s1. The SMILES string of the molecule is CCC1CCN(c2cccc(S(=O)(=O)N3CCN(c4ccc(F)cc4C(F)(F)F)C[C@H]3C)c2)CC1. The maximum Gasteiger partial charge on any atom is 0.418 e. The van der Waals surface area contributed by atoms with Crippen LogP contribution in [0, 0.1) is 11.7 Å². The number of sulfonamides is 1. The normalized spacial score (nSPS) is 20.9. The van der Waals surface area contributed by atoms with Gasteiger partial charge in [-0.2, -0.15) is 17.5 Å². The Hall–Kier alpha value is -2.33. The summed E-state index contributed by atoms with van der Waals surface area (Å²) in [5.74, 6) is -0.261. The van der Waals surface area contributed by atoms with Gasteiger partial charge in [0.15, 0.2) is 0 Å². The molecule has 192 valence electrons. The summed E-state index contributed by atoms with van der Waals surface area (Å²) < 4.78 is 82.4. The molecule has 0 spiro atoms. The fraction of sp³-hybridized carbons (Fsp3) is 0.520. The summed E-state index contributed by atoms with van der Waals surface area (Å²) in [5.41, 5.74) is -0.325. The summed E-state index contributed by atoms with van der Waals surface area (Å²) in [6, 6.07) is 8.94. The fourth-order valence-electron chi connectivity index (χ4n) is 5.10. The van der Waals surface area contributed by atoms with Crippen LogP contribution in [0.1, 0.15) is 38.7 Å². The number of nitrogens with zero attached hydrogens (tertiary/aromatic N) is 3. The van der Waals surface area contributed by atoms with Gasteiger partial charge in [0.1, 0.15) is 5.82 Å². The minimum absolute atomic E-state index is 0.0320. The second kappa shape index (κ2) is 9.97. The van der Waals surface area contributed by atoms with Gasteiger partial charge in [-0.3, -0.25) is 0 Å². The van der Waals surface area contributed by atoms with E-state index in [9.17, 15) is 26.0 Å². The number of hydrogen-bond acceptors (Lipinski definition) is 4. The number of hydrogen-bond donors (Lipinski definition) is 0. The second-order valence-corrected chi connectivity index (χ2v) is 11.3. The zero-order chi connectivity index (χ0) is 25.4. The fourth-order valence-corrected chi connectivity index (χ4v) is 6.76. The van der Waals surface area contributed by atoms with Crippen LogP contribution in [-0.4, -0.2) is 51.5 Å². The molecule has 2 aromatic rings. The zero-order valence-electron chi connectivity index (χ0n) is 19.9. The predicted molar refractivity (Wildman–Crippen MR) is 129 cm³/mol. The van der Waals surface area contributed by atoms with Crippen molar-refractivity contribution in [3.05, 3.63) is 53.8 Å². The molecule has 0 amide bonds. The maximum absolute atomic E-state index is 13.5. The third kappa shape index (κ3) is 5.43. The molecule has 4 rings (SSSR count). The average molecular weight is 514 g/mol. The summed E-state index contributed by atoms with van der Waals surface area (Å²) in [6.07, 6.45) is -1.41. The molecule has 0 unspecified atom stereocenters. The van der Waals surface area contributed by atoms with E-state index >= 15 is 0 Å². The number of rotatable bonds is 5. The Bertz CT molecular complexity index is 1150. The van der Waals surface area contributed by atoms with Crippen molar-refractivity contribution in [3.63, 3.8) is 0 Å². The maximum atomic E-state index is 13.5.